The number of fused-ring (bicyclic) bond motifs is 1. The monoisotopic (exact) mass is 405 g/mol. The first-order valence-corrected chi connectivity index (χ1v) is 10.3. The normalized spacial score (nSPS) is 14.5. The molecule has 0 unspecified atom stereocenters. The van der Waals surface area contributed by atoms with Crippen molar-refractivity contribution in [2.75, 3.05) is 31.1 Å². The van der Waals surface area contributed by atoms with E-state index >= 15 is 0 Å². The number of piperazine rings is 1. The molecular weight excluding hydrogens is 386 g/mol. The van der Waals surface area contributed by atoms with E-state index in [1.165, 1.54) is 0 Å². The zero-order chi connectivity index (χ0) is 19.8. The van der Waals surface area contributed by atoms with Gasteiger partial charge in [-0.05, 0) is 31.2 Å². The number of carbonyl (C=O) groups is 1. The molecule has 1 fully saturated rings. The lowest BCUT2D eigenvalue weighted by Gasteiger charge is -2.34. The summed E-state index contributed by atoms with van der Waals surface area (Å²) in [5, 5.41) is 0.953. The number of rotatable bonds is 3. The SMILES string of the molecule is Cc1oc(-c2ccccc2)nc1C(=O)N1CCN(c2nc3cccnc3s2)CC1. The van der Waals surface area contributed by atoms with Gasteiger partial charge in [-0.3, -0.25) is 4.79 Å². The molecule has 3 aromatic heterocycles. The molecule has 0 saturated carbocycles. The van der Waals surface area contributed by atoms with Gasteiger partial charge < -0.3 is 14.2 Å². The summed E-state index contributed by atoms with van der Waals surface area (Å²) in [6.45, 7) is 4.49. The first-order chi connectivity index (χ1) is 14.2. The Hall–Kier alpha value is -3.26. The van der Waals surface area contributed by atoms with Crippen LogP contribution in [0.1, 0.15) is 16.2 Å². The van der Waals surface area contributed by atoms with Crippen LogP contribution in [0.15, 0.2) is 53.1 Å². The average molecular weight is 405 g/mol. The molecule has 1 amide bonds. The number of carbonyl (C=O) groups excluding carboxylic acids is 1. The molecule has 8 heteroatoms. The van der Waals surface area contributed by atoms with Crippen molar-refractivity contribution in [1.82, 2.24) is 19.9 Å². The lowest BCUT2D eigenvalue weighted by Crippen LogP contribution is -2.49. The van der Waals surface area contributed by atoms with E-state index in [0.717, 1.165) is 34.1 Å². The molecule has 4 aromatic rings. The maximum Gasteiger partial charge on any atom is 0.276 e. The maximum absolute atomic E-state index is 13.0. The number of aryl methyl sites for hydroxylation is 1. The van der Waals surface area contributed by atoms with Crippen LogP contribution in [0.4, 0.5) is 5.13 Å². The predicted octanol–water partition coefficient (Wildman–Crippen LogP) is 3.62. The van der Waals surface area contributed by atoms with Crippen LogP contribution in [0.25, 0.3) is 21.8 Å². The van der Waals surface area contributed by atoms with Gasteiger partial charge in [-0.25, -0.2) is 15.0 Å². The quantitative estimate of drug-likeness (QED) is 0.518. The molecule has 0 radical (unpaired) electrons. The number of nitrogens with zero attached hydrogens (tertiary/aromatic N) is 5. The summed E-state index contributed by atoms with van der Waals surface area (Å²) >= 11 is 1.59. The fourth-order valence-electron chi connectivity index (χ4n) is 3.44. The van der Waals surface area contributed by atoms with Gasteiger partial charge in [0.15, 0.2) is 10.8 Å². The molecule has 0 N–H and O–H groups in total. The Bertz CT molecular complexity index is 1130. The molecule has 1 aliphatic heterocycles. The van der Waals surface area contributed by atoms with Crippen LogP contribution in [0.5, 0.6) is 0 Å². The summed E-state index contributed by atoms with van der Waals surface area (Å²) in [7, 11) is 0. The summed E-state index contributed by atoms with van der Waals surface area (Å²) in [5.74, 6) is 0.944. The minimum atomic E-state index is -0.0842. The number of aromatic nitrogens is 3. The Morgan fingerprint density at radius 2 is 1.83 bits per heavy atom. The molecular formula is C21H19N5O2S. The number of benzene rings is 1. The van der Waals surface area contributed by atoms with Crippen molar-refractivity contribution in [3.63, 3.8) is 0 Å². The van der Waals surface area contributed by atoms with Gasteiger partial charge in [-0.15, -0.1) is 0 Å². The van der Waals surface area contributed by atoms with Crippen molar-refractivity contribution in [3.05, 3.63) is 60.1 Å². The highest BCUT2D eigenvalue weighted by Gasteiger charge is 2.27. The number of oxazole rings is 1. The lowest BCUT2D eigenvalue weighted by atomic mass is 10.2. The highest BCUT2D eigenvalue weighted by molar-refractivity contribution is 7.21. The number of anilines is 1. The Morgan fingerprint density at radius 3 is 2.59 bits per heavy atom. The molecule has 0 aliphatic carbocycles. The molecule has 0 atom stereocenters. The van der Waals surface area contributed by atoms with Crippen molar-refractivity contribution >= 4 is 32.7 Å². The van der Waals surface area contributed by atoms with Gasteiger partial charge in [0.05, 0.1) is 0 Å². The first kappa shape index (κ1) is 17.8. The summed E-state index contributed by atoms with van der Waals surface area (Å²) in [6, 6.07) is 13.5. The summed E-state index contributed by atoms with van der Waals surface area (Å²) in [4.78, 5) is 31.5. The molecule has 146 valence electrons. The minimum absolute atomic E-state index is 0.0842. The van der Waals surface area contributed by atoms with E-state index < -0.39 is 0 Å². The second kappa shape index (κ2) is 7.29. The summed E-state index contributed by atoms with van der Waals surface area (Å²) in [6.07, 6.45) is 1.78. The average Bonchev–Trinajstić information content (AvgIpc) is 3.38. The van der Waals surface area contributed by atoms with E-state index in [-0.39, 0.29) is 5.91 Å². The van der Waals surface area contributed by atoms with Gasteiger partial charge in [0.2, 0.25) is 5.89 Å². The molecule has 5 rings (SSSR count). The van der Waals surface area contributed by atoms with Gasteiger partial charge in [0, 0.05) is 37.9 Å². The van der Waals surface area contributed by atoms with Crippen molar-refractivity contribution in [3.8, 4) is 11.5 Å². The first-order valence-electron chi connectivity index (χ1n) is 9.48. The van der Waals surface area contributed by atoms with Crippen molar-refractivity contribution < 1.29 is 9.21 Å². The van der Waals surface area contributed by atoms with E-state index in [2.05, 4.69) is 19.9 Å². The van der Waals surface area contributed by atoms with E-state index in [4.69, 9.17) is 4.42 Å². The number of thiazole rings is 1. The zero-order valence-electron chi connectivity index (χ0n) is 15.9. The Balaban J connectivity index is 1.29. The third-order valence-corrected chi connectivity index (χ3v) is 6.05. The van der Waals surface area contributed by atoms with Crippen LogP contribution in [-0.2, 0) is 0 Å². The predicted molar refractivity (Wildman–Crippen MR) is 112 cm³/mol. The number of hydrogen-bond acceptors (Lipinski definition) is 7. The van der Waals surface area contributed by atoms with Gasteiger partial charge in [0.1, 0.15) is 16.1 Å². The Morgan fingerprint density at radius 1 is 1.03 bits per heavy atom. The Labute approximate surface area is 171 Å². The smallest absolute Gasteiger partial charge is 0.276 e. The van der Waals surface area contributed by atoms with Crippen molar-refractivity contribution in [2.24, 2.45) is 0 Å². The highest BCUT2D eigenvalue weighted by atomic mass is 32.1. The fraction of sp³-hybridized carbons (Fsp3) is 0.238. The standard InChI is InChI=1S/C21H19N5O2S/c1-14-17(24-18(28-14)15-6-3-2-4-7-15)20(27)25-10-12-26(13-11-25)21-23-16-8-5-9-22-19(16)29-21/h2-9H,10-13H2,1H3. The number of hydrogen-bond donors (Lipinski definition) is 0. The second-order valence-electron chi connectivity index (χ2n) is 6.89. The van der Waals surface area contributed by atoms with Crippen LogP contribution in [0.3, 0.4) is 0 Å². The van der Waals surface area contributed by atoms with Crippen LogP contribution in [0, 0.1) is 6.92 Å². The van der Waals surface area contributed by atoms with Crippen molar-refractivity contribution in [1.29, 1.82) is 0 Å². The zero-order valence-corrected chi connectivity index (χ0v) is 16.7. The van der Waals surface area contributed by atoms with Crippen LogP contribution < -0.4 is 4.90 Å². The summed E-state index contributed by atoms with van der Waals surface area (Å²) in [5.41, 5.74) is 2.17. The van der Waals surface area contributed by atoms with Gasteiger partial charge in [-0.1, -0.05) is 29.5 Å². The molecule has 4 heterocycles. The highest BCUT2D eigenvalue weighted by Crippen LogP contribution is 2.28. The third kappa shape index (κ3) is 3.36. The van der Waals surface area contributed by atoms with Gasteiger partial charge >= 0.3 is 0 Å². The number of pyridine rings is 1. The van der Waals surface area contributed by atoms with E-state index in [9.17, 15) is 4.79 Å². The molecule has 7 nitrogen and oxygen atoms in total. The summed E-state index contributed by atoms with van der Waals surface area (Å²) < 4.78 is 5.75. The molecule has 0 spiro atoms. The minimum Gasteiger partial charge on any atom is -0.441 e. The Kier molecular flexibility index (Phi) is 4.48. The molecule has 1 aliphatic rings. The largest absolute Gasteiger partial charge is 0.441 e. The van der Waals surface area contributed by atoms with E-state index in [1.807, 2.05) is 47.4 Å². The van der Waals surface area contributed by atoms with Gasteiger partial charge in [-0.2, -0.15) is 0 Å². The lowest BCUT2D eigenvalue weighted by molar-refractivity contribution is 0.0740. The molecule has 1 aromatic carbocycles. The molecule has 0 bridgehead atoms. The number of amides is 1. The third-order valence-electron chi connectivity index (χ3n) is 5.01. The topological polar surface area (TPSA) is 75.4 Å². The second-order valence-corrected chi connectivity index (χ2v) is 7.85. The van der Waals surface area contributed by atoms with E-state index in [1.54, 1.807) is 24.5 Å². The van der Waals surface area contributed by atoms with Crippen LogP contribution >= 0.6 is 11.3 Å². The van der Waals surface area contributed by atoms with Crippen LogP contribution in [0.2, 0.25) is 0 Å². The van der Waals surface area contributed by atoms with E-state index in [0.29, 0.717) is 30.4 Å². The van der Waals surface area contributed by atoms with Crippen LogP contribution in [-0.4, -0.2) is 51.9 Å². The van der Waals surface area contributed by atoms with Gasteiger partial charge in [0.25, 0.3) is 5.91 Å². The molecule has 1 saturated heterocycles. The maximum atomic E-state index is 13.0. The fourth-order valence-corrected chi connectivity index (χ4v) is 4.40. The van der Waals surface area contributed by atoms with Crippen molar-refractivity contribution in [2.45, 2.75) is 6.92 Å². The molecule has 29 heavy (non-hydrogen) atoms.